The Balaban J connectivity index is 0.000000686. The summed E-state index contributed by atoms with van der Waals surface area (Å²) in [5.41, 5.74) is 1.31. The molecule has 1 fully saturated rings. The lowest BCUT2D eigenvalue weighted by atomic mass is 9.94. The van der Waals surface area contributed by atoms with Crippen LogP contribution >= 0.6 is 0 Å². The van der Waals surface area contributed by atoms with Gasteiger partial charge in [0.25, 0.3) is 0 Å². The van der Waals surface area contributed by atoms with E-state index in [1.54, 1.807) is 0 Å². The number of carbonyl (C=O) groups is 1. The molecule has 92 valence electrons. The van der Waals surface area contributed by atoms with Crippen LogP contribution in [0.15, 0.2) is 43.5 Å². The highest BCUT2D eigenvalue weighted by atomic mass is 16.1. The summed E-state index contributed by atoms with van der Waals surface area (Å²) in [6, 6.07) is 10.9. The van der Waals surface area contributed by atoms with Gasteiger partial charge in [-0.05, 0) is 18.4 Å². The molecule has 0 unspecified atom stereocenters. The maximum absolute atomic E-state index is 11.1. The molecule has 0 aliphatic heterocycles. The average Bonchev–Trinajstić information content (AvgIpc) is 2.42. The van der Waals surface area contributed by atoms with E-state index in [0.29, 0.717) is 11.8 Å². The van der Waals surface area contributed by atoms with Gasteiger partial charge in [0.15, 0.2) is 0 Å². The molecule has 2 nitrogen and oxygen atoms in total. The van der Waals surface area contributed by atoms with Crippen molar-refractivity contribution in [3.63, 3.8) is 0 Å². The molecule has 0 aromatic heterocycles. The molecule has 0 saturated heterocycles. The lowest BCUT2D eigenvalue weighted by Gasteiger charge is -2.22. The topological polar surface area (TPSA) is 29.1 Å². The van der Waals surface area contributed by atoms with Crippen molar-refractivity contribution < 1.29 is 4.79 Å². The number of benzene rings is 1. The Morgan fingerprint density at radius 3 is 2.29 bits per heavy atom. The van der Waals surface area contributed by atoms with Gasteiger partial charge in [-0.15, -0.1) is 13.2 Å². The van der Waals surface area contributed by atoms with Gasteiger partial charge in [0, 0.05) is 25.4 Å². The molecule has 1 aliphatic rings. The Morgan fingerprint density at radius 1 is 1.12 bits per heavy atom. The number of carbonyl (C=O) groups excluding carboxylic acids is 1. The summed E-state index contributed by atoms with van der Waals surface area (Å²) in [5, 5.41) is 3.51. The van der Waals surface area contributed by atoms with Gasteiger partial charge in [0.1, 0.15) is 5.78 Å². The van der Waals surface area contributed by atoms with E-state index in [0.717, 1.165) is 32.2 Å². The molecule has 2 rings (SSSR count). The highest BCUT2D eigenvalue weighted by Gasteiger charge is 2.17. The third-order valence-electron chi connectivity index (χ3n) is 2.98. The Bertz CT molecular complexity index is 324. The lowest BCUT2D eigenvalue weighted by molar-refractivity contribution is -0.120. The highest BCUT2D eigenvalue weighted by Crippen LogP contribution is 2.15. The minimum absolute atomic E-state index is 0.424. The molecule has 0 heterocycles. The molecule has 0 atom stereocenters. The van der Waals surface area contributed by atoms with E-state index in [4.69, 9.17) is 0 Å². The van der Waals surface area contributed by atoms with Crippen LogP contribution in [0.4, 0.5) is 0 Å². The molecule has 1 aromatic carbocycles. The second-order valence-corrected chi connectivity index (χ2v) is 4.18. The standard InChI is InChI=1S/C13H17NO.C2H4/c15-13-8-6-12(7-9-13)14-10-11-4-2-1-3-5-11;1-2/h1-5,12,14H,6-10H2;1-2H2. The first-order valence-electron chi connectivity index (χ1n) is 6.13. The quantitative estimate of drug-likeness (QED) is 0.810. The monoisotopic (exact) mass is 231 g/mol. The van der Waals surface area contributed by atoms with Crippen molar-refractivity contribution >= 4 is 5.78 Å². The molecule has 0 radical (unpaired) electrons. The number of hydrogen-bond donors (Lipinski definition) is 1. The number of nitrogens with one attached hydrogen (secondary N) is 1. The van der Waals surface area contributed by atoms with Crippen LogP contribution in [0.3, 0.4) is 0 Å². The fraction of sp³-hybridized carbons (Fsp3) is 0.400. The van der Waals surface area contributed by atoms with Crippen LogP contribution in [0.2, 0.25) is 0 Å². The van der Waals surface area contributed by atoms with Crippen molar-refractivity contribution in [2.75, 3.05) is 0 Å². The normalized spacial score (nSPS) is 16.1. The maximum Gasteiger partial charge on any atom is 0.133 e. The average molecular weight is 231 g/mol. The van der Waals surface area contributed by atoms with Gasteiger partial charge in [-0.2, -0.15) is 0 Å². The largest absolute Gasteiger partial charge is 0.310 e. The minimum Gasteiger partial charge on any atom is -0.310 e. The Kier molecular flexibility index (Phi) is 6.26. The molecule has 1 N–H and O–H groups in total. The zero-order valence-electron chi connectivity index (χ0n) is 10.3. The number of hydrogen-bond acceptors (Lipinski definition) is 2. The Morgan fingerprint density at radius 2 is 1.71 bits per heavy atom. The van der Waals surface area contributed by atoms with E-state index in [1.165, 1.54) is 5.56 Å². The molecule has 1 aliphatic carbocycles. The number of Topliss-reactive ketones (excluding diaryl/α,β-unsaturated/α-hetero) is 1. The van der Waals surface area contributed by atoms with E-state index in [2.05, 4.69) is 42.7 Å². The van der Waals surface area contributed by atoms with Crippen LogP contribution in [0, 0.1) is 0 Å². The van der Waals surface area contributed by atoms with Crippen molar-refractivity contribution in [1.82, 2.24) is 5.32 Å². The summed E-state index contributed by atoms with van der Waals surface area (Å²) in [7, 11) is 0. The molecule has 0 spiro atoms. The molecule has 17 heavy (non-hydrogen) atoms. The predicted octanol–water partition coefficient (Wildman–Crippen LogP) is 3.09. The molecular weight excluding hydrogens is 210 g/mol. The minimum atomic E-state index is 0.424. The molecule has 2 heteroatoms. The number of rotatable bonds is 3. The summed E-state index contributed by atoms with van der Waals surface area (Å²) in [6.07, 6.45) is 3.52. The van der Waals surface area contributed by atoms with Gasteiger partial charge in [-0.1, -0.05) is 30.3 Å². The Hall–Kier alpha value is -1.41. The summed E-state index contributed by atoms with van der Waals surface area (Å²) in [5.74, 6) is 0.424. The van der Waals surface area contributed by atoms with Crippen molar-refractivity contribution in [3.05, 3.63) is 49.1 Å². The Labute approximate surface area is 104 Å². The van der Waals surface area contributed by atoms with E-state index >= 15 is 0 Å². The van der Waals surface area contributed by atoms with Crippen LogP contribution < -0.4 is 5.32 Å². The van der Waals surface area contributed by atoms with Crippen molar-refractivity contribution in [3.8, 4) is 0 Å². The van der Waals surface area contributed by atoms with Gasteiger partial charge in [0.05, 0.1) is 0 Å². The van der Waals surface area contributed by atoms with E-state index < -0.39 is 0 Å². The maximum atomic E-state index is 11.1. The first-order valence-corrected chi connectivity index (χ1v) is 6.13. The predicted molar refractivity (Wildman–Crippen MR) is 71.8 cm³/mol. The second-order valence-electron chi connectivity index (χ2n) is 4.18. The summed E-state index contributed by atoms with van der Waals surface area (Å²) >= 11 is 0. The molecule has 0 amide bonds. The van der Waals surface area contributed by atoms with Gasteiger partial charge < -0.3 is 5.32 Å². The zero-order chi connectivity index (χ0) is 12.5. The first-order chi connectivity index (χ1) is 8.34. The lowest BCUT2D eigenvalue weighted by Crippen LogP contribution is -2.32. The van der Waals surface area contributed by atoms with Crippen LogP contribution in [0.1, 0.15) is 31.2 Å². The number of ketones is 1. The SMILES string of the molecule is C=C.O=C1CCC(NCc2ccccc2)CC1. The first kappa shape index (κ1) is 13.7. The zero-order valence-corrected chi connectivity index (χ0v) is 10.3. The molecule has 1 aromatic rings. The van der Waals surface area contributed by atoms with Crippen molar-refractivity contribution in [2.24, 2.45) is 0 Å². The van der Waals surface area contributed by atoms with E-state index in [1.807, 2.05) is 6.07 Å². The fourth-order valence-electron chi connectivity index (χ4n) is 2.00. The van der Waals surface area contributed by atoms with Crippen LogP contribution in [-0.2, 0) is 11.3 Å². The summed E-state index contributed by atoms with van der Waals surface area (Å²) < 4.78 is 0. The van der Waals surface area contributed by atoms with Crippen LogP contribution in [0.25, 0.3) is 0 Å². The van der Waals surface area contributed by atoms with Crippen molar-refractivity contribution in [1.29, 1.82) is 0 Å². The van der Waals surface area contributed by atoms with Gasteiger partial charge in [-0.25, -0.2) is 0 Å². The van der Waals surface area contributed by atoms with E-state index in [-0.39, 0.29) is 0 Å². The van der Waals surface area contributed by atoms with Crippen molar-refractivity contribution in [2.45, 2.75) is 38.3 Å². The highest BCUT2D eigenvalue weighted by molar-refractivity contribution is 5.79. The van der Waals surface area contributed by atoms with Gasteiger partial charge >= 0.3 is 0 Å². The molecule has 0 bridgehead atoms. The van der Waals surface area contributed by atoms with Gasteiger partial charge in [0.2, 0.25) is 0 Å². The molecular formula is C15H21NO. The summed E-state index contributed by atoms with van der Waals surface area (Å²) in [6.45, 7) is 6.92. The van der Waals surface area contributed by atoms with E-state index in [9.17, 15) is 4.79 Å². The fourth-order valence-corrected chi connectivity index (χ4v) is 2.00. The molecule has 1 saturated carbocycles. The second kappa shape index (κ2) is 7.80. The van der Waals surface area contributed by atoms with Crippen LogP contribution in [-0.4, -0.2) is 11.8 Å². The van der Waals surface area contributed by atoms with Crippen LogP contribution in [0.5, 0.6) is 0 Å². The van der Waals surface area contributed by atoms with Gasteiger partial charge in [-0.3, -0.25) is 4.79 Å². The smallest absolute Gasteiger partial charge is 0.133 e. The third-order valence-corrected chi connectivity index (χ3v) is 2.98. The third kappa shape index (κ3) is 4.96. The summed E-state index contributed by atoms with van der Waals surface area (Å²) in [4.78, 5) is 11.1.